The number of rotatable bonds is 4. The first-order valence-corrected chi connectivity index (χ1v) is 4.35. The molecule has 0 aliphatic heterocycles. The van der Waals surface area contributed by atoms with E-state index < -0.39 is 5.97 Å². The minimum absolute atomic E-state index is 0.0835. The maximum absolute atomic E-state index is 10.5. The minimum Gasteiger partial charge on any atom is -0.497 e. The molecule has 0 saturated carbocycles. The predicted molar refractivity (Wildman–Crippen MR) is 51.5 cm³/mol. The molecule has 1 aromatic rings. The molecule has 0 aliphatic carbocycles. The van der Waals surface area contributed by atoms with Crippen molar-refractivity contribution in [1.82, 2.24) is 4.98 Å². The second-order valence-electron chi connectivity index (χ2n) is 3.12. The first-order chi connectivity index (χ1) is 6.63. The maximum atomic E-state index is 10.5. The van der Waals surface area contributed by atoms with Gasteiger partial charge in [-0.25, -0.2) is 0 Å². The van der Waals surface area contributed by atoms with E-state index in [1.165, 1.54) is 0 Å². The largest absolute Gasteiger partial charge is 0.497 e. The maximum Gasteiger partial charge on any atom is 0.304 e. The summed E-state index contributed by atoms with van der Waals surface area (Å²) in [7, 11) is 1.57. The molecule has 76 valence electrons. The molecule has 1 N–H and O–H groups in total. The van der Waals surface area contributed by atoms with Crippen LogP contribution >= 0.6 is 0 Å². The average Bonchev–Trinajstić information content (AvgIpc) is 2.17. The van der Waals surface area contributed by atoms with Gasteiger partial charge in [-0.2, -0.15) is 0 Å². The standard InChI is InChI=1S/C10H13NO3/c1-7(5-10(12)13)9-6-8(14-2)3-4-11-9/h3-4,6-7H,5H2,1-2H3,(H,12,13). The van der Waals surface area contributed by atoms with Crippen LogP contribution in [0.15, 0.2) is 18.3 Å². The van der Waals surface area contributed by atoms with Crippen molar-refractivity contribution in [3.05, 3.63) is 24.0 Å². The van der Waals surface area contributed by atoms with Gasteiger partial charge in [0.05, 0.1) is 13.5 Å². The van der Waals surface area contributed by atoms with E-state index in [-0.39, 0.29) is 12.3 Å². The molecule has 0 aliphatic rings. The van der Waals surface area contributed by atoms with Gasteiger partial charge < -0.3 is 9.84 Å². The fourth-order valence-electron chi connectivity index (χ4n) is 1.19. The fourth-order valence-corrected chi connectivity index (χ4v) is 1.19. The summed E-state index contributed by atoms with van der Waals surface area (Å²) >= 11 is 0. The molecule has 0 spiro atoms. The van der Waals surface area contributed by atoms with Crippen LogP contribution in [0.25, 0.3) is 0 Å². The summed E-state index contributed by atoms with van der Waals surface area (Å²) in [5.74, 6) is -0.211. The van der Waals surface area contributed by atoms with Gasteiger partial charge in [0.1, 0.15) is 5.75 Å². The van der Waals surface area contributed by atoms with Gasteiger partial charge in [-0.15, -0.1) is 0 Å². The summed E-state index contributed by atoms with van der Waals surface area (Å²) in [5, 5.41) is 8.61. The van der Waals surface area contributed by atoms with Crippen LogP contribution < -0.4 is 4.74 Å². The first-order valence-electron chi connectivity index (χ1n) is 4.35. The van der Waals surface area contributed by atoms with Crippen molar-refractivity contribution in [2.24, 2.45) is 0 Å². The van der Waals surface area contributed by atoms with E-state index in [0.29, 0.717) is 5.75 Å². The van der Waals surface area contributed by atoms with Gasteiger partial charge in [0.15, 0.2) is 0 Å². The lowest BCUT2D eigenvalue weighted by atomic mass is 10.0. The Bertz CT molecular complexity index is 325. The normalized spacial score (nSPS) is 12.1. The Kier molecular flexibility index (Phi) is 3.45. The number of methoxy groups -OCH3 is 1. The van der Waals surface area contributed by atoms with Crippen LogP contribution in [0.3, 0.4) is 0 Å². The van der Waals surface area contributed by atoms with Crippen molar-refractivity contribution in [2.75, 3.05) is 7.11 Å². The molecule has 1 aromatic heterocycles. The van der Waals surface area contributed by atoms with Crippen LogP contribution in [0.4, 0.5) is 0 Å². The minimum atomic E-state index is -0.817. The summed E-state index contributed by atoms with van der Waals surface area (Å²) in [4.78, 5) is 14.6. The van der Waals surface area contributed by atoms with Crippen molar-refractivity contribution in [3.8, 4) is 5.75 Å². The number of nitrogens with zero attached hydrogens (tertiary/aromatic N) is 1. The van der Waals surface area contributed by atoms with Gasteiger partial charge in [-0.1, -0.05) is 6.92 Å². The Morgan fingerprint density at radius 1 is 1.71 bits per heavy atom. The Labute approximate surface area is 82.5 Å². The number of carboxylic acid groups (broad SMARTS) is 1. The summed E-state index contributed by atoms with van der Waals surface area (Å²) in [6.07, 6.45) is 1.70. The van der Waals surface area contributed by atoms with Crippen LogP contribution in [0.5, 0.6) is 5.75 Å². The van der Waals surface area contributed by atoms with E-state index in [1.807, 2.05) is 6.92 Å². The van der Waals surface area contributed by atoms with Crippen LogP contribution in [0.1, 0.15) is 25.0 Å². The van der Waals surface area contributed by atoms with Gasteiger partial charge in [0, 0.05) is 23.9 Å². The highest BCUT2D eigenvalue weighted by molar-refractivity contribution is 5.67. The zero-order chi connectivity index (χ0) is 10.6. The third-order valence-corrected chi connectivity index (χ3v) is 1.97. The highest BCUT2D eigenvalue weighted by Gasteiger charge is 2.11. The molecule has 1 heterocycles. The van der Waals surface area contributed by atoms with Crippen molar-refractivity contribution in [1.29, 1.82) is 0 Å². The summed E-state index contributed by atoms with van der Waals surface area (Å²) < 4.78 is 5.02. The molecule has 0 aromatic carbocycles. The SMILES string of the molecule is COc1ccnc(C(C)CC(=O)O)c1. The first kappa shape index (κ1) is 10.5. The third kappa shape index (κ3) is 2.73. The lowest BCUT2D eigenvalue weighted by Gasteiger charge is -2.08. The molecule has 4 heteroatoms. The number of hydrogen-bond donors (Lipinski definition) is 1. The molecule has 1 rings (SSSR count). The molecule has 4 nitrogen and oxygen atoms in total. The number of aromatic nitrogens is 1. The predicted octanol–water partition coefficient (Wildman–Crippen LogP) is 1.67. The van der Waals surface area contributed by atoms with E-state index in [4.69, 9.17) is 9.84 Å². The molecule has 0 radical (unpaired) electrons. The molecule has 0 fully saturated rings. The molecule has 0 saturated heterocycles. The van der Waals surface area contributed by atoms with E-state index in [9.17, 15) is 4.79 Å². The monoisotopic (exact) mass is 195 g/mol. The molecule has 1 unspecified atom stereocenters. The summed E-state index contributed by atoms with van der Waals surface area (Å²) in [6, 6.07) is 3.49. The zero-order valence-corrected chi connectivity index (χ0v) is 8.23. The molecule has 0 amide bonds. The quantitative estimate of drug-likeness (QED) is 0.793. The summed E-state index contributed by atoms with van der Waals surface area (Å²) in [5.41, 5.74) is 0.742. The second-order valence-corrected chi connectivity index (χ2v) is 3.12. The smallest absolute Gasteiger partial charge is 0.304 e. The Morgan fingerprint density at radius 3 is 3.00 bits per heavy atom. The molecule has 0 bridgehead atoms. The number of aliphatic carboxylic acids is 1. The highest BCUT2D eigenvalue weighted by Crippen LogP contribution is 2.20. The Balaban J connectivity index is 2.78. The van der Waals surface area contributed by atoms with Gasteiger partial charge in [-0.05, 0) is 6.07 Å². The van der Waals surface area contributed by atoms with Crippen molar-refractivity contribution in [2.45, 2.75) is 19.3 Å². The molecular weight excluding hydrogens is 182 g/mol. The van der Waals surface area contributed by atoms with Crippen LogP contribution in [-0.2, 0) is 4.79 Å². The molecular formula is C10H13NO3. The van der Waals surface area contributed by atoms with Crippen molar-refractivity contribution < 1.29 is 14.6 Å². The Hall–Kier alpha value is -1.58. The number of carbonyl (C=O) groups is 1. The Morgan fingerprint density at radius 2 is 2.43 bits per heavy atom. The van der Waals surface area contributed by atoms with Crippen molar-refractivity contribution in [3.63, 3.8) is 0 Å². The van der Waals surface area contributed by atoms with Gasteiger partial charge in [0.25, 0.3) is 0 Å². The molecule has 1 atom stereocenters. The number of pyridine rings is 1. The lowest BCUT2D eigenvalue weighted by molar-refractivity contribution is -0.137. The topological polar surface area (TPSA) is 59.4 Å². The van der Waals surface area contributed by atoms with Crippen LogP contribution in [-0.4, -0.2) is 23.2 Å². The van der Waals surface area contributed by atoms with Crippen molar-refractivity contribution >= 4 is 5.97 Å². The van der Waals surface area contributed by atoms with Crippen LogP contribution in [0.2, 0.25) is 0 Å². The lowest BCUT2D eigenvalue weighted by Crippen LogP contribution is -2.04. The number of carboxylic acids is 1. The van der Waals surface area contributed by atoms with E-state index in [1.54, 1.807) is 25.4 Å². The number of hydrogen-bond acceptors (Lipinski definition) is 3. The van der Waals surface area contributed by atoms with E-state index in [0.717, 1.165) is 5.69 Å². The fraction of sp³-hybridized carbons (Fsp3) is 0.400. The van der Waals surface area contributed by atoms with Gasteiger partial charge in [0.2, 0.25) is 0 Å². The van der Waals surface area contributed by atoms with Crippen LogP contribution in [0, 0.1) is 0 Å². The average molecular weight is 195 g/mol. The van der Waals surface area contributed by atoms with E-state index >= 15 is 0 Å². The van der Waals surface area contributed by atoms with E-state index in [2.05, 4.69) is 4.98 Å². The number of ether oxygens (including phenoxy) is 1. The van der Waals surface area contributed by atoms with Gasteiger partial charge >= 0.3 is 5.97 Å². The zero-order valence-electron chi connectivity index (χ0n) is 8.23. The molecule has 14 heavy (non-hydrogen) atoms. The highest BCUT2D eigenvalue weighted by atomic mass is 16.5. The third-order valence-electron chi connectivity index (χ3n) is 1.97. The summed E-state index contributed by atoms with van der Waals surface area (Å²) in [6.45, 7) is 1.83. The van der Waals surface area contributed by atoms with Gasteiger partial charge in [-0.3, -0.25) is 9.78 Å². The second kappa shape index (κ2) is 4.60.